The summed E-state index contributed by atoms with van der Waals surface area (Å²) in [4.78, 5) is 5.10. The highest BCUT2D eigenvalue weighted by Crippen LogP contribution is 2.17. The number of nitrogens with zero attached hydrogens (tertiary/aromatic N) is 2. The lowest BCUT2D eigenvalue weighted by Crippen LogP contribution is -2.53. The fourth-order valence-electron chi connectivity index (χ4n) is 2.77. The predicted octanol–water partition coefficient (Wildman–Crippen LogP) is 0.763. The summed E-state index contributed by atoms with van der Waals surface area (Å²) in [6.45, 7) is 12.7. The Morgan fingerprint density at radius 2 is 1.89 bits per heavy atom. The van der Waals surface area contributed by atoms with Crippen molar-refractivity contribution in [2.45, 2.75) is 45.2 Å². The van der Waals surface area contributed by atoms with Crippen molar-refractivity contribution in [2.75, 3.05) is 46.4 Å². The van der Waals surface area contributed by atoms with E-state index in [4.69, 9.17) is 0 Å². The summed E-state index contributed by atoms with van der Waals surface area (Å²) < 4.78 is 0. The Morgan fingerprint density at radius 3 is 2.33 bits per heavy atom. The van der Waals surface area contributed by atoms with Gasteiger partial charge < -0.3 is 15.3 Å². The molecular formula is C14H31N3O. The molecule has 2 atom stereocenters. The Bertz CT molecular complexity index is 223. The summed E-state index contributed by atoms with van der Waals surface area (Å²) in [5.74, 6) is 0. The van der Waals surface area contributed by atoms with Crippen LogP contribution in [0.25, 0.3) is 0 Å². The van der Waals surface area contributed by atoms with Crippen LogP contribution in [0.3, 0.4) is 0 Å². The molecule has 0 aromatic heterocycles. The zero-order chi connectivity index (χ0) is 13.6. The lowest BCUT2D eigenvalue weighted by atomic mass is 9.93. The van der Waals surface area contributed by atoms with Crippen molar-refractivity contribution in [1.82, 2.24) is 15.1 Å². The second kappa shape index (κ2) is 7.43. The van der Waals surface area contributed by atoms with Gasteiger partial charge in [-0.2, -0.15) is 0 Å². The zero-order valence-corrected chi connectivity index (χ0v) is 12.6. The Hall–Kier alpha value is -0.160. The van der Waals surface area contributed by atoms with E-state index < -0.39 is 0 Å². The Balaban J connectivity index is 2.38. The maximum absolute atomic E-state index is 9.46. The predicted molar refractivity (Wildman–Crippen MR) is 76.9 cm³/mol. The van der Waals surface area contributed by atoms with Crippen molar-refractivity contribution in [3.63, 3.8) is 0 Å². The molecular weight excluding hydrogens is 226 g/mol. The SMILES string of the molecule is CCCN1CCN(C(C)CC(C)(CO)NC)CC1. The third-order valence-corrected chi connectivity index (χ3v) is 4.27. The van der Waals surface area contributed by atoms with Crippen molar-refractivity contribution < 1.29 is 5.11 Å². The van der Waals surface area contributed by atoms with Crippen LogP contribution in [0.1, 0.15) is 33.6 Å². The minimum absolute atomic E-state index is 0.153. The van der Waals surface area contributed by atoms with Gasteiger partial charge in [0.2, 0.25) is 0 Å². The van der Waals surface area contributed by atoms with Crippen molar-refractivity contribution in [2.24, 2.45) is 0 Å². The molecule has 0 spiro atoms. The van der Waals surface area contributed by atoms with E-state index in [9.17, 15) is 5.11 Å². The summed E-state index contributed by atoms with van der Waals surface area (Å²) in [6.07, 6.45) is 2.24. The van der Waals surface area contributed by atoms with Gasteiger partial charge in [-0.3, -0.25) is 4.90 Å². The molecule has 2 N–H and O–H groups in total. The lowest BCUT2D eigenvalue weighted by molar-refractivity contribution is 0.0737. The average Bonchev–Trinajstić information content (AvgIpc) is 2.39. The number of likely N-dealkylation sites (N-methyl/N-ethyl adjacent to an activating group) is 1. The van der Waals surface area contributed by atoms with Crippen LogP contribution in [-0.4, -0.2) is 72.9 Å². The van der Waals surface area contributed by atoms with Crippen LogP contribution >= 0.6 is 0 Å². The molecule has 0 bridgehead atoms. The zero-order valence-electron chi connectivity index (χ0n) is 12.6. The van der Waals surface area contributed by atoms with Gasteiger partial charge >= 0.3 is 0 Å². The maximum Gasteiger partial charge on any atom is 0.0611 e. The smallest absolute Gasteiger partial charge is 0.0611 e. The molecule has 1 heterocycles. The van der Waals surface area contributed by atoms with Crippen LogP contribution in [0.5, 0.6) is 0 Å². The molecule has 1 rings (SSSR count). The maximum atomic E-state index is 9.46. The summed E-state index contributed by atoms with van der Waals surface area (Å²) in [5.41, 5.74) is -0.153. The standard InChI is InChI=1S/C14H31N3O/c1-5-6-16-7-9-17(10-8-16)13(2)11-14(3,12-18)15-4/h13,15,18H,5-12H2,1-4H3. The van der Waals surface area contributed by atoms with Gasteiger partial charge in [-0.15, -0.1) is 0 Å². The number of piperazine rings is 1. The van der Waals surface area contributed by atoms with E-state index in [2.05, 4.69) is 35.9 Å². The summed E-state index contributed by atoms with van der Waals surface area (Å²) in [7, 11) is 1.93. The van der Waals surface area contributed by atoms with Crippen molar-refractivity contribution in [1.29, 1.82) is 0 Å². The van der Waals surface area contributed by atoms with E-state index in [1.807, 2.05) is 7.05 Å². The van der Waals surface area contributed by atoms with Crippen LogP contribution in [0, 0.1) is 0 Å². The highest BCUT2D eigenvalue weighted by atomic mass is 16.3. The number of aliphatic hydroxyl groups is 1. The number of hydrogen-bond donors (Lipinski definition) is 2. The highest BCUT2D eigenvalue weighted by molar-refractivity contribution is 4.87. The molecule has 2 unspecified atom stereocenters. The molecule has 1 aliphatic heterocycles. The molecule has 0 saturated carbocycles. The monoisotopic (exact) mass is 257 g/mol. The topological polar surface area (TPSA) is 38.7 Å². The van der Waals surface area contributed by atoms with E-state index in [1.54, 1.807) is 0 Å². The Labute approximate surface area is 112 Å². The minimum atomic E-state index is -0.153. The minimum Gasteiger partial charge on any atom is -0.394 e. The van der Waals surface area contributed by atoms with Crippen LogP contribution < -0.4 is 5.32 Å². The van der Waals surface area contributed by atoms with E-state index in [1.165, 1.54) is 26.1 Å². The van der Waals surface area contributed by atoms with Gasteiger partial charge in [0.15, 0.2) is 0 Å². The first-order valence-corrected chi connectivity index (χ1v) is 7.31. The molecule has 1 saturated heterocycles. The fraction of sp³-hybridized carbons (Fsp3) is 1.00. The second-order valence-corrected chi connectivity index (χ2v) is 5.90. The molecule has 108 valence electrons. The third kappa shape index (κ3) is 4.50. The molecule has 0 aliphatic carbocycles. The van der Waals surface area contributed by atoms with E-state index in [0.29, 0.717) is 6.04 Å². The lowest BCUT2D eigenvalue weighted by Gasteiger charge is -2.41. The first-order chi connectivity index (χ1) is 8.54. The number of hydrogen-bond acceptors (Lipinski definition) is 4. The van der Waals surface area contributed by atoms with Gasteiger partial charge in [-0.25, -0.2) is 0 Å². The molecule has 18 heavy (non-hydrogen) atoms. The number of aliphatic hydroxyl groups excluding tert-OH is 1. The molecule has 4 nitrogen and oxygen atoms in total. The molecule has 4 heteroatoms. The van der Waals surface area contributed by atoms with Crippen LogP contribution in [0.4, 0.5) is 0 Å². The van der Waals surface area contributed by atoms with Crippen molar-refractivity contribution in [3.8, 4) is 0 Å². The van der Waals surface area contributed by atoms with Crippen LogP contribution in [0.2, 0.25) is 0 Å². The van der Waals surface area contributed by atoms with Gasteiger partial charge in [-0.1, -0.05) is 6.92 Å². The van der Waals surface area contributed by atoms with E-state index >= 15 is 0 Å². The fourth-order valence-corrected chi connectivity index (χ4v) is 2.77. The largest absolute Gasteiger partial charge is 0.394 e. The molecule has 1 aliphatic rings. The average molecular weight is 257 g/mol. The first kappa shape index (κ1) is 15.9. The Morgan fingerprint density at radius 1 is 1.28 bits per heavy atom. The Kier molecular flexibility index (Phi) is 6.57. The summed E-state index contributed by atoms with van der Waals surface area (Å²) in [5, 5.41) is 12.7. The number of rotatable bonds is 7. The highest BCUT2D eigenvalue weighted by Gasteiger charge is 2.28. The van der Waals surface area contributed by atoms with Crippen LogP contribution in [0.15, 0.2) is 0 Å². The molecule has 0 aromatic rings. The summed E-state index contributed by atoms with van der Waals surface area (Å²) in [6, 6.07) is 0.526. The van der Waals surface area contributed by atoms with Crippen molar-refractivity contribution >= 4 is 0 Å². The van der Waals surface area contributed by atoms with E-state index in [-0.39, 0.29) is 12.1 Å². The van der Waals surface area contributed by atoms with Gasteiger partial charge in [0.05, 0.1) is 6.61 Å². The van der Waals surface area contributed by atoms with Crippen LogP contribution in [-0.2, 0) is 0 Å². The van der Waals surface area contributed by atoms with E-state index in [0.717, 1.165) is 19.5 Å². The molecule has 0 amide bonds. The van der Waals surface area contributed by atoms with Gasteiger partial charge in [0, 0.05) is 37.8 Å². The molecule has 0 radical (unpaired) electrons. The number of nitrogens with one attached hydrogen (secondary N) is 1. The first-order valence-electron chi connectivity index (χ1n) is 7.31. The molecule has 0 aromatic carbocycles. The van der Waals surface area contributed by atoms with Gasteiger partial charge in [0.25, 0.3) is 0 Å². The van der Waals surface area contributed by atoms with Crippen molar-refractivity contribution in [3.05, 3.63) is 0 Å². The normalized spacial score (nSPS) is 23.8. The quantitative estimate of drug-likeness (QED) is 0.706. The molecule has 1 fully saturated rings. The summed E-state index contributed by atoms with van der Waals surface area (Å²) >= 11 is 0. The van der Waals surface area contributed by atoms with Gasteiger partial charge in [-0.05, 0) is 40.3 Å². The second-order valence-electron chi connectivity index (χ2n) is 5.90. The third-order valence-electron chi connectivity index (χ3n) is 4.27. The van der Waals surface area contributed by atoms with Gasteiger partial charge in [0.1, 0.15) is 0 Å².